The summed E-state index contributed by atoms with van der Waals surface area (Å²) >= 11 is 0. The molecule has 0 spiro atoms. The highest BCUT2D eigenvalue weighted by Crippen LogP contribution is 2.35. The average molecular weight is 407 g/mol. The Balaban J connectivity index is 1.41. The second-order valence-corrected chi connectivity index (χ2v) is 7.57. The van der Waals surface area contributed by atoms with Crippen molar-refractivity contribution in [2.45, 2.75) is 32.6 Å². The third-order valence-corrected chi connectivity index (χ3v) is 5.43. The number of fused-ring (bicyclic) bond motifs is 3. The van der Waals surface area contributed by atoms with Gasteiger partial charge in [-0.1, -0.05) is 12.1 Å². The SMILES string of the molecule is COc1ccc(CCNC(=O)COc2cc(C)cc3oc(=O)c4c(c23)CCC4)cc1. The van der Waals surface area contributed by atoms with Crippen molar-refractivity contribution in [1.82, 2.24) is 5.32 Å². The lowest BCUT2D eigenvalue weighted by atomic mass is 10.0. The van der Waals surface area contributed by atoms with Crippen LogP contribution in [0.15, 0.2) is 45.6 Å². The minimum atomic E-state index is -0.261. The molecule has 30 heavy (non-hydrogen) atoms. The van der Waals surface area contributed by atoms with Crippen LogP contribution in [0, 0.1) is 6.92 Å². The van der Waals surface area contributed by atoms with E-state index in [1.54, 1.807) is 7.11 Å². The maximum absolute atomic E-state index is 12.3. The highest BCUT2D eigenvalue weighted by atomic mass is 16.5. The summed E-state index contributed by atoms with van der Waals surface area (Å²) in [5.41, 5.74) is 4.03. The van der Waals surface area contributed by atoms with E-state index in [0.29, 0.717) is 17.9 Å². The van der Waals surface area contributed by atoms with Crippen LogP contribution in [0.2, 0.25) is 0 Å². The Morgan fingerprint density at radius 3 is 2.67 bits per heavy atom. The monoisotopic (exact) mass is 407 g/mol. The predicted molar refractivity (Wildman–Crippen MR) is 114 cm³/mol. The number of carbonyl (C=O) groups is 1. The van der Waals surface area contributed by atoms with E-state index >= 15 is 0 Å². The molecular formula is C24H25NO5. The van der Waals surface area contributed by atoms with E-state index in [2.05, 4.69) is 5.32 Å². The maximum Gasteiger partial charge on any atom is 0.339 e. The van der Waals surface area contributed by atoms with Gasteiger partial charge >= 0.3 is 5.63 Å². The highest BCUT2D eigenvalue weighted by molar-refractivity contribution is 5.89. The Bertz CT molecular complexity index is 1130. The molecule has 1 amide bonds. The molecule has 0 aliphatic heterocycles. The number of methoxy groups -OCH3 is 1. The number of rotatable bonds is 7. The first kappa shape index (κ1) is 20.0. The summed E-state index contributed by atoms with van der Waals surface area (Å²) in [6.45, 7) is 2.34. The van der Waals surface area contributed by atoms with Crippen molar-refractivity contribution in [1.29, 1.82) is 0 Å². The standard InChI is InChI=1S/C24H25NO5/c1-15-12-20(23-18-4-3-5-19(18)24(27)30-21(23)13-15)29-14-22(26)25-11-10-16-6-8-17(28-2)9-7-16/h6-9,12-13H,3-5,10-11,14H2,1-2H3,(H,25,26). The van der Waals surface area contributed by atoms with Gasteiger partial charge in [-0.05, 0) is 73.6 Å². The van der Waals surface area contributed by atoms with Gasteiger partial charge in [-0.15, -0.1) is 0 Å². The quantitative estimate of drug-likeness (QED) is 0.608. The van der Waals surface area contributed by atoms with Crippen molar-refractivity contribution >= 4 is 16.9 Å². The molecule has 0 saturated carbocycles. The van der Waals surface area contributed by atoms with Gasteiger partial charge in [0.05, 0.1) is 12.5 Å². The van der Waals surface area contributed by atoms with Crippen LogP contribution in [0.3, 0.4) is 0 Å². The Morgan fingerprint density at radius 2 is 1.90 bits per heavy atom. The van der Waals surface area contributed by atoms with Gasteiger partial charge in [-0.2, -0.15) is 0 Å². The molecular weight excluding hydrogens is 382 g/mol. The van der Waals surface area contributed by atoms with Crippen LogP contribution < -0.4 is 20.4 Å². The molecule has 0 bridgehead atoms. The lowest BCUT2D eigenvalue weighted by molar-refractivity contribution is -0.123. The minimum absolute atomic E-state index is 0.0882. The van der Waals surface area contributed by atoms with E-state index in [4.69, 9.17) is 13.9 Å². The Kier molecular flexibility index (Phi) is 5.74. The van der Waals surface area contributed by atoms with Crippen LogP contribution in [0.1, 0.15) is 28.7 Å². The van der Waals surface area contributed by atoms with Crippen LogP contribution in [-0.2, 0) is 24.1 Å². The Hall–Kier alpha value is -3.28. The summed E-state index contributed by atoms with van der Waals surface area (Å²) in [6.07, 6.45) is 3.21. The van der Waals surface area contributed by atoms with E-state index in [1.165, 1.54) is 0 Å². The van der Waals surface area contributed by atoms with Gasteiger partial charge in [0.25, 0.3) is 5.91 Å². The van der Waals surface area contributed by atoms with E-state index < -0.39 is 0 Å². The van der Waals surface area contributed by atoms with E-state index in [9.17, 15) is 9.59 Å². The van der Waals surface area contributed by atoms with Gasteiger partial charge in [0.2, 0.25) is 0 Å². The zero-order valence-electron chi connectivity index (χ0n) is 17.2. The first-order valence-corrected chi connectivity index (χ1v) is 10.2. The summed E-state index contributed by atoms with van der Waals surface area (Å²) in [5.74, 6) is 1.22. The minimum Gasteiger partial charge on any atom is -0.497 e. The van der Waals surface area contributed by atoms with Crippen molar-refractivity contribution < 1.29 is 18.7 Å². The second-order valence-electron chi connectivity index (χ2n) is 7.57. The topological polar surface area (TPSA) is 77.8 Å². The van der Waals surface area contributed by atoms with E-state index in [0.717, 1.165) is 59.1 Å². The molecule has 6 nitrogen and oxygen atoms in total. The Morgan fingerprint density at radius 1 is 1.13 bits per heavy atom. The molecule has 0 saturated heterocycles. The number of hydrogen-bond acceptors (Lipinski definition) is 5. The van der Waals surface area contributed by atoms with E-state index in [-0.39, 0.29) is 18.1 Å². The zero-order chi connectivity index (χ0) is 21.1. The molecule has 2 aromatic carbocycles. The van der Waals surface area contributed by atoms with Crippen molar-refractivity contribution in [3.63, 3.8) is 0 Å². The fraction of sp³-hybridized carbons (Fsp3) is 0.333. The smallest absolute Gasteiger partial charge is 0.339 e. The highest BCUT2D eigenvalue weighted by Gasteiger charge is 2.22. The summed E-state index contributed by atoms with van der Waals surface area (Å²) in [4.78, 5) is 24.5. The molecule has 1 N–H and O–H groups in total. The van der Waals surface area contributed by atoms with Crippen molar-refractivity contribution in [2.75, 3.05) is 20.3 Å². The maximum atomic E-state index is 12.3. The predicted octanol–water partition coefficient (Wildman–Crippen LogP) is 3.34. The molecule has 0 unspecified atom stereocenters. The number of aryl methyl sites for hydroxylation is 2. The van der Waals surface area contributed by atoms with Crippen LogP contribution in [0.5, 0.6) is 11.5 Å². The Labute approximate surface area is 174 Å². The third kappa shape index (κ3) is 4.17. The molecule has 6 heteroatoms. The molecule has 0 fully saturated rings. The molecule has 1 aromatic heterocycles. The van der Waals surface area contributed by atoms with Crippen LogP contribution in [0.25, 0.3) is 11.0 Å². The molecule has 1 aliphatic rings. The number of hydrogen-bond donors (Lipinski definition) is 1. The fourth-order valence-electron chi connectivity index (χ4n) is 3.95. The molecule has 1 heterocycles. The number of amides is 1. The molecule has 1 aliphatic carbocycles. The fourth-order valence-corrected chi connectivity index (χ4v) is 3.95. The average Bonchev–Trinajstić information content (AvgIpc) is 3.23. The number of carbonyl (C=O) groups excluding carboxylic acids is 1. The first-order chi connectivity index (χ1) is 14.5. The second kappa shape index (κ2) is 8.61. The van der Waals surface area contributed by atoms with Gasteiger partial charge < -0.3 is 19.2 Å². The molecule has 0 radical (unpaired) electrons. The molecule has 3 aromatic rings. The lowest BCUT2D eigenvalue weighted by Crippen LogP contribution is -2.30. The van der Waals surface area contributed by atoms with Crippen molar-refractivity contribution in [3.05, 3.63) is 69.1 Å². The zero-order valence-corrected chi connectivity index (χ0v) is 17.2. The molecule has 0 atom stereocenters. The molecule has 156 valence electrons. The van der Waals surface area contributed by atoms with Gasteiger partial charge in [0, 0.05) is 12.1 Å². The number of ether oxygens (including phenoxy) is 2. The number of benzene rings is 2. The van der Waals surface area contributed by atoms with Gasteiger partial charge in [-0.25, -0.2) is 4.79 Å². The van der Waals surface area contributed by atoms with Gasteiger partial charge in [0.1, 0.15) is 17.1 Å². The largest absolute Gasteiger partial charge is 0.497 e. The summed E-state index contributed by atoms with van der Waals surface area (Å²) in [6, 6.07) is 11.5. The van der Waals surface area contributed by atoms with Crippen LogP contribution in [-0.4, -0.2) is 26.2 Å². The van der Waals surface area contributed by atoms with Crippen molar-refractivity contribution in [3.8, 4) is 11.5 Å². The summed E-state index contributed by atoms with van der Waals surface area (Å²) in [7, 11) is 1.63. The third-order valence-electron chi connectivity index (χ3n) is 5.43. The summed E-state index contributed by atoms with van der Waals surface area (Å²) in [5, 5.41) is 3.70. The van der Waals surface area contributed by atoms with Crippen LogP contribution in [0.4, 0.5) is 0 Å². The first-order valence-electron chi connectivity index (χ1n) is 10.2. The van der Waals surface area contributed by atoms with Gasteiger partial charge in [0.15, 0.2) is 6.61 Å². The number of nitrogens with one attached hydrogen (secondary N) is 1. The summed E-state index contributed by atoms with van der Waals surface area (Å²) < 4.78 is 16.5. The van der Waals surface area contributed by atoms with Crippen molar-refractivity contribution in [2.24, 2.45) is 0 Å². The molecule has 4 rings (SSSR count). The normalized spacial score (nSPS) is 12.6. The van der Waals surface area contributed by atoms with E-state index in [1.807, 2.05) is 43.3 Å². The van der Waals surface area contributed by atoms with Crippen LogP contribution >= 0.6 is 0 Å². The lowest BCUT2D eigenvalue weighted by Gasteiger charge is -2.13. The van der Waals surface area contributed by atoms with Gasteiger partial charge in [-0.3, -0.25) is 4.79 Å².